The van der Waals surface area contributed by atoms with Gasteiger partial charge in [0, 0.05) is 37.6 Å². The van der Waals surface area contributed by atoms with E-state index in [1.165, 1.54) is 0 Å². The second kappa shape index (κ2) is 8.31. The Labute approximate surface area is 142 Å². The molecule has 2 amide bonds. The monoisotopic (exact) mass is 337 g/mol. The topological polar surface area (TPSA) is 52.6 Å². The lowest BCUT2D eigenvalue weighted by molar-refractivity contribution is -0.138. The number of rotatable bonds is 6. The second-order valence-electron chi connectivity index (χ2n) is 6.23. The van der Waals surface area contributed by atoms with Gasteiger partial charge in [-0.3, -0.25) is 9.59 Å². The van der Waals surface area contributed by atoms with E-state index < -0.39 is 0 Å². The number of hydrogen-bond acceptors (Lipinski definition) is 3. The minimum absolute atomic E-state index is 0.00679. The largest absolute Gasteiger partial charge is 0.352 e. The Morgan fingerprint density at radius 2 is 2.22 bits per heavy atom. The minimum atomic E-state index is -0.131. The molecule has 6 heteroatoms. The summed E-state index contributed by atoms with van der Waals surface area (Å²) < 4.78 is 0. The molecule has 0 bridgehead atoms. The van der Waals surface area contributed by atoms with Crippen molar-refractivity contribution in [3.05, 3.63) is 34.9 Å². The van der Waals surface area contributed by atoms with Crippen LogP contribution in [0.15, 0.2) is 24.3 Å². The first kappa shape index (κ1) is 17.8. The second-order valence-corrected chi connectivity index (χ2v) is 6.66. The summed E-state index contributed by atoms with van der Waals surface area (Å²) in [5.74, 6) is 0.0205. The molecular weight excluding hydrogens is 314 g/mol. The SMILES string of the molecule is CN(C)CCN1CC(C(=O)NCc2cccc(Cl)c2)CCC1=O. The molecule has 0 radical (unpaired) electrons. The van der Waals surface area contributed by atoms with Gasteiger partial charge < -0.3 is 15.1 Å². The van der Waals surface area contributed by atoms with Gasteiger partial charge in [-0.05, 0) is 38.2 Å². The lowest BCUT2D eigenvalue weighted by Crippen LogP contribution is -2.47. The highest BCUT2D eigenvalue weighted by molar-refractivity contribution is 6.30. The number of nitrogens with zero attached hydrogens (tertiary/aromatic N) is 2. The highest BCUT2D eigenvalue weighted by Crippen LogP contribution is 2.18. The predicted octanol–water partition coefficient (Wildman–Crippen LogP) is 1.76. The van der Waals surface area contributed by atoms with Crippen molar-refractivity contribution in [3.8, 4) is 0 Å². The number of benzene rings is 1. The Bertz CT molecular complexity index is 563. The molecule has 1 aliphatic heterocycles. The van der Waals surface area contributed by atoms with Crippen LogP contribution in [0.4, 0.5) is 0 Å². The van der Waals surface area contributed by atoms with Crippen LogP contribution in [0.2, 0.25) is 5.02 Å². The molecule has 1 heterocycles. The van der Waals surface area contributed by atoms with E-state index in [-0.39, 0.29) is 17.7 Å². The number of carbonyl (C=O) groups is 2. The zero-order valence-corrected chi connectivity index (χ0v) is 14.5. The molecular formula is C17H24ClN3O2. The van der Waals surface area contributed by atoms with E-state index in [1.54, 1.807) is 4.90 Å². The van der Waals surface area contributed by atoms with Crippen LogP contribution in [0.1, 0.15) is 18.4 Å². The molecule has 5 nitrogen and oxygen atoms in total. The van der Waals surface area contributed by atoms with Gasteiger partial charge in [0.05, 0.1) is 5.92 Å². The molecule has 0 aliphatic carbocycles. The number of piperidine rings is 1. The standard InChI is InChI=1S/C17H24ClN3O2/c1-20(2)8-9-21-12-14(6-7-16(21)22)17(23)19-11-13-4-3-5-15(18)10-13/h3-5,10,14H,6-9,11-12H2,1-2H3,(H,19,23). The first-order chi connectivity index (χ1) is 11.0. The van der Waals surface area contributed by atoms with E-state index in [9.17, 15) is 9.59 Å². The van der Waals surface area contributed by atoms with Crippen LogP contribution in [0.3, 0.4) is 0 Å². The van der Waals surface area contributed by atoms with Crippen LogP contribution >= 0.6 is 11.6 Å². The summed E-state index contributed by atoms with van der Waals surface area (Å²) >= 11 is 5.94. The molecule has 1 saturated heterocycles. The van der Waals surface area contributed by atoms with Gasteiger partial charge in [-0.15, -0.1) is 0 Å². The number of likely N-dealkylation sites (tertiary alicyclic amines) is 1. The normalized spacial score (nSPS) is 18.3. The third-order valence-corrected chi connectivity index (χ3v) is 4.28. The Kier molecular flexibility index (Phi) is 6.42. The quantitative estimate of drug-likeness (QED) is 0.860. The molecule has 1 N–H and O–H groups in total. The van der Waals surface area contributed by atoms with Crippen LogP contribution < -0.4 is 5.32 Å². The highest BCUT2D eigenvalue weighted by Gasteiger charge is 2.29. The Morgan fingerprint density at radius 3 is 2.91 bits per heavy atom. The Balaban J connectivity index is 1.85. The van der Waals surface area contributed by atoms with Crippen LogP contribution in [-0.2, 0) is 16.1 Å². The van der Waals surface area contributed by atoms with Crippen molar-refractivity contribution in [1.82, 2.24) is 15.1 Å². The van der Waals surface area contributed by atoms with Gasteiger partial charge in [0.1, 0.15) is 0 Å². The number of amides is 2. The molecule has 1 unspecified atom stereocenters. The van der Waals surface area contributed by atoms with Crippen molar-refractivity contribution >= 4 is 23.4 Å². The fourth-order valence-electron chi connectivity index (χ4n) is 2.65. The van der Waals surface area contributed by atoms with Gasteiger partial charge in [0.2, 0.25) is 11.8 Å². The number of halogens is 1. The Morgan fingerprint density at radius 1 is 1.43 bits per heavy atom. The summed E-state index contributed by atoms with van der Waals surface area (Å²) in [4.78, 5) is 28.1. The predicted molar refractivity (Wildman–Crippen MR) is 91.2 cm³/mol. The van der Waals surface area contributed by atoms with E-state index in [2.05, 4.69) is 5.32 Å². The van der Waals surface area contributed by atoms with Crippen molar-refractivity contribution in [3.63, 3.8) is 0 Å². The van der Waals surface area contributed by atoms with Gasteiger partial charge in [-0.1, -0.05) is 23.7 Å². The third kappa shape index (κ3) is 5.52. The lowest BCUT2D eigenvalue weighted by atomic mass is 9.96. The number of carbonyl (C=O) groups excluding carboxylic acids is 2. The molecule has 1 fully saturated rings. The van der Waals surface area contributed by atoms with Gasteiger partial charge in [0.15, 0.2) is 0 Å². The van der Waals surface area contributed by atoms with Crippen LogP contribution in [-0.4, -0.2) is 55.3 Å². The van der Waals surface area contributed by atoms with Crippen LogP contribution in [0.5, 0.6) is 0 Å². The molecule has 0 saturated carbocycles. The van der Waals surface area contributed by atoms with Crippen molar-refractivity contribution in [1.29, 1.82) is 0 Å². The fourth-order valence-corrected chi connectivity index (χ4v) is 2.86. The van der Waals surface area contributed by atoms with Gasteiger partial charge in [-0.2, -0.15) is 0 Å². The molecule has 23 heavy (non-hydrogen) atoms. The summed E-state index contributed by atoms with van der Waals surface area (Å²) in [7, 11) is 3.95. The maximum atomic E-state index is 12.4. The maximum Gasteiger partial charge on any atom is 0.225 e. The van der Waals surface area contributed by atoms with E-state index in [0.29, 0.717) is 37.5 Å². The first-order valence-electron chi connectivity index (χ1n) is 7.90. The van der Waals surface area contributed by atoms with Gasteiger partial charge in [-0.25, -0.2) is 0 Å². The summed E-state index contributed by atoms with van der Waals surface area (Å²) in [5.41, 5.74) is 0.974. The number of nitrogens with one attached hydrogen (secondary N) is 1. The molecule has 1 atom stereocenters. The minimum Gasteiger partial charge on any atom is -0.352 e. The molecule has 1 aromatic rings. The fraction of sp³-hybridized carbons (Fsp3) is 0.529. The van der Waals surface area contributed by atoms with Gasteiger partial charge >= 0.3 is 0 Å². The van der Waals surface area contributed by atoms with Crippen LogP contribution in [0, 0.1) is 5.92 Å². The van der Waals surface area contributed by atoms with E-state index in [4.69, 9.17) is 11.6 Å². The molecule has 0 spiro atoms. The van der Waals surface area contributed by atoms with Gasteiger partial charge in [0.25, 0.3) is 0 Å². The van der Waals surface area contributed by atoms with Crippen LogP contribution in [0.25, 0.3) is 0 Å². The van der Waals surface area contributed by atoms with Crippen molar-refractivity contribution in [2.75, 3.05) is 33.7 Å². The van der Waals surface area contributed by atoms with E-state index in [1.807, 2.05) is 43.3 Å². The molecule has 126 valence electrons. The smallest absolute Gasteiger partial charge is 0.225 e. The van der Waals surface area contributed by atoms with Crippen molar-refractivity contribution in [2.24, 2.45) is 5.92 Å². The zero-order valence-electron chi connectivity index (χ0n) is 13.7. The zero-order chi connectivity index (χ0) is 16.8. The van der Waals surface area contributed by atoms with Crippen molar-refractivity contribution < 1.29 is 9.59 Å². The summed E-state index contributed by atoms with van der Waals surface area (Å²) in [6.07, 6.45) is 1.07. The summed E-state index contributed by atoms with van der Waals surface area (Å²) in [6.45, 7) is 2.45. The van der Waals surface area contributed by atoms with E-state index in [0.717, 1.165) is 12.1 Å². The third-order valence-electron chi connectivity index (χ3n) is 4.04. The number of likely N-dealkylation sites (N-methyl/N-ethyl adjacent to an activating group) is 1. The first-order valence-corrected chi connectivity index (χ1v) is 8.28. The number of hydrogen-bond donors (Lipinski definition) is 1. The molecule has 2 rings (SSSR count). The summed E-state index contributed by atoms with van der Waals surface area (Å²) in [5, 5.41) is 3.61. The average Bonchev–Trinajstić information content (AvgIpc) is 2.51. The highest BCUT2D eigenvalue weighted by atomic mass is 35.5. The van der Waals surface area contributed by atoms with E-state index >= 15 is 0 Å². The maximum absolute atomic E-state index is 12.4. The molecule has 1 aromatic carbocycles. The summed E-state index contributed by atoms with van der Waals surface area (Å²) in [6, 6.07) is 7.45. The Hall–Kier alpha value is -1.59. The molecule has 1 aliphatic rings. The van der Waals surface area contributed by atoms with Crippen molar-refractivity contribution in [2.45, 2.75) is 19.4 Å². The molecule has 0 aromatic heterocycles. The lowest BCUT2D eigenvalue weighted by Gasteiger charge is -2.32. The average molecular weight is 338 g/mol.